The standard InChI is InChI=1S/C23H18F6N4O2/c24-22(25,26)16-8-6-14(7-9-16)12-35-13-30-11-17-10-18(34)33-21(31-17)19(15-4-2-1-3-5-15)20(32-33)23(27,28)29/h1-10,30,32H,11-13H2. The minimum Gasteiger partial charge on any atom is -0.362 e. The maximum atomic E-state index is 13.7. The molecule has 0 fully saturated rings. The topological polar surface area (TPSA) is 71.4 Å². The Bertz CT molecular complexity index is 1360. The zero-order valence-electron chi connectivity index (χ0n) is 17.9. The average molecular weight is 496 g/mol. The van der Waals surface area contributed by atoms with E-state index in [0.717, 1.165) is 22.7 Å². The van der Waals surface area contributed by atoms with Crippen molar-refractivity contribution < 1.29 is 31.1 Å². The molecule has 0 amide bonds. The molecular formula is C23H18F6N4O2. The summed E-state index contributed by atoms with van der Waals surface area (Å²) in [5.41, 5.74) is -2.01. The second-order valence-electron chi connectivity index (χ2n) is 7.58. The summed E-state index contributed by atoms with van der Waals surface area (Å²) in [4.78, 5) is 16.7. The van der Waals surface area contributed by atoms with Gasteiger partial charge in [0, 0.05) is 12.6 Å². The first kappa shape index (κ1) is 24.5. The number of halogens is 6. The fourth-order valence-electron chi connectivity index (χ4n) is 3.47. The van der Waals surface area contributed by atoms with Crippen molar-refractivity contribution in [3.8, 4) is 11.1 Å². The van der Waals surface area contributed by atoms with E-state index in [1.807, 2.05) is 0 Å². The van der Waals surface area contributed by atoms with Gasteiger partial charge in [-0.25, -0.2) is 9.50 Å². The first-order chi connectivity index (χ1) is 16.5. The normalized spacial score (nSPS) is 12.4. The Morgan fingerprint density at radius 3 is 2.26 bits per heavy atom. The van der Waals surface area contributed by atoms with E-state index in [1.165, 1.54) is 24.3 Å². The van der Waals surface area contributed by atoms with Crippen molar-refractivity contribution >= 4 is 5.65 Å². The van der Waals surface area contributed by atoms with Gasteiger partial charge >= 0.3 is 12.4 Å². The number of rotatable bonds is 7. The summed E-state index contributed by atoms with van der Waals surface area (Å²) in [6, 6.07) is 13.4. The molecule has 0 aliphatic carbocycles. The van der Waals surface area contributed by atoms with Crippen molar-refractivity contribution in [3.05, 3.63) is 93.5 Å². The van der Waals surface area contributed by atoms with E-state index in [0.29, 0.717) is 5.56 Å². The first-order valence-electron chi connectivity index (χ1n) is 10.3. The number of nitrogens with one attached hydrogen (secondary N) is 2. The highest BCUT2D eigenvalue weighted by atomic mass is 19.4. The quantitative estimate of drug-likeness (QED) is 0.215. The summed E-state index contributed by atoms with van der Waals surface area (Å²) in [5, 5.41) is 4.96. The van der Waals surface area contributed by atoms with Gasteiger partial charge in [0.1, 0.15) is 5.69 Å². The highest BCUT2D eigenvalue weighted by molar-refractivity contribution is 5.80. The van der Waals surface area contributed by atoms with E-state index in [2.05, 4.69) is 15.4 Å². The van der Waals surface area contributed by atoms with Crippen LogP contribution in [0.2, 0.25) is 0 Å². The van der Waals surface area contributed by atoms with E-state index in [-0.39, 0.29) is 42.4 Å². The zero-order chi connectivity index (χ0) is 25.2. The largest absolute Gasteiger partial charge is 0.433 e. The molecule has 0 aliphatic heterocycles. The molecule has 0 saturated carbocycles. The van der Waals surface area contributed by atoms with Gasteiger partial charge in [0.15, 0.2) is 5.65 Å². The Morgan fingerprint density at radius 1 is 0.943 bits per heavy atom. The molecule has 4 aromatic rings. The molecular weight excluding hydrogens is 478 g/mol. The SMILES string of the molecule is O=c1cc(CNCOCc2ccc(C(F)(F)F)cc2)nc2c(-c3ccccc3)c(C(F)(F)F)[nH]n12. The molecule has 35 heavy (non-hydrogen) atoms. The molecule has 0 bridgehead atoms. The van der Waals surface area contributed by atoms with Crippen LogP contribution in [-0.4, -0.2) is 21.3 Å². The fraction of sp³-hybridized carbons (Fsp3) is 0.217. The van der Waals surface area contributed by atoms with Crippen molar-refractivity contribution in [1.82, 2.24) is 19.9 Å². The smallest absolute Gasteiger partial charge is 0.362 e. The Hall–Kier alpha value is -3.64. The lowest BCUT2D eigenvalue weighted by molar-refractivity contribution is -0.141. The number of hydrogen-bond donors (Lipinski definition) is 2. The van der Waals surface area contributed by atoms with Gasteiger partial charge in [-0.1, -0.05) is 42.5 Å². The third kappa shape index (κ3) is 5.54. The lowest BCUT2D eigenvalue weighted by Gasteiger charge is -2.09. The highest BCUT2D eigenvalue weighted by Gasteiger charge is 2.38. The number of ether oxygens (including phenoxy) is 1. The van der Waals surface area contributed by atoms with Crippen LogP contribution in [-0.2, 0) is 30.2 Å². The Kier molecular flexibility index (Phi) is 6.68. The van der Waals surface area contributed by atoms with Gasteiger partial charge in [-0.15, -0.1) is 0 Å². The van der Waals surface area contributed by atoms with Crippen molar-refractivity contribution in [2.75, 3.05) is 6.73 Å². The molecule has 184 valence electrons. The van der Waals surface area contributed by atoms with Gasteiger partial charge in [0.25, 0.3) is 5.56 Å². The minimum absolute atomic E-state index is 0.0134. The minimum atomic E-state index is -4.74. The van der Waals surface area contributed by atoms with E-state index in [4.69, 9.17) is 4.74 Å². The molecule has 0 radical (unpaired) electrons. The zero-order valence-corrected chi connectivity index (χ0v) is 17.9. The van der Waals surface area contributed by atoms with Crippen molar-refractivity contribution in [1.29, 1.82) is 0 Å². The molecule has 0 saturated heterocycles. The number of benzene rings is 2. The van der Waals surface area contributed by atoms with Crippen molar-refractivity contribution in [2.24, 2.45) is 0 Å². The number of hydrogen-bond acceptors (Lipinski definition) is 4. The summed E-state index contributed by atoms with van der Waals surface area (Å²) >= 11 is 0. The molecule has 2 aromatic carbocycles. The third-order valence-electron chi connectivity index (χ3n) is 5.08. The van der Waals surface area contributed by atoms with Gasteiger partial charge in [0.2, 0.25) is 0 Å². The van der Waals surface area contributed by atoms with E-state index >= 15 is 0 Å². The molecule has 0 aliphatic rings. The predicted molar refractivity (Wildman–Crippen MR) is 114 cm³/mol. The number of nitrogens with zero attached hydrogens (tertiary/aromatic N) is 2. The summed E-state index contributed by atoms with van der Waals surface area (Å²) < 4.78 is 84.9. The van der Waals surface area contributed by atoms with Gasteiger partial charge < -0.3 is 4.74 Å². The fourth-order valence-corrected chi connectivity index (χ4v) is 3.47. The molecule has 2 N–H and O–H groups in total. The number of H-pyrrole nitrogens is 1. The summed E-state index contributed by atoms with van der Waals surface area (Å²) in [6.07, 6.45) is -9.16. The molecule has 2 heterocycles. The van der Waals surface area contributed by atoms with Crippen LogP contribution in [0, 0.1) is 0 Å². The molecule has 6 nitrogen and oxygen atoms in total. The maximum Gasteiger partial charge on any atom is 0.433 e. The summed E-state index contributed by atoms with van der Waals surface area (Å²) in [6.45, 7) is 0.0131. The summed E-state index contributed by atoms with van der Waals surface area (Å²) in [5.74, 6) is 0. The molecule has 2 aromatic heterocycles. The van der Waals surface area contributed by atoms with Crippen LogP contribution in [0.5, 0.6) is 0 Å². The van der Waals surface area contributed by atoms with Gasteiger partial charge in [-0.05, 0) is 23.3 Å². The first-order valence-corrected chi connectivity index (χ1v) is 10.3. The maximum absolute atomic E-state index is 13.7. The van der Waals surface area contributed by atoms with Crippen LogP contribution in [0.4, 0.5) is 26.3 Å². The van der Waals surface area contributed by atoms with Crippen LogP contribution in [0.15, 0.2) is 65.5 Å². The van der Waals surface area contributed by atoms with Crippen LogP contribution < -0.4 is 10.9 Å². The van der Waals surface area contributed by atoms with Crippen molar-refractivity contribution in [2.45, 2.75) is 25.5 Å². The second-order valence-corrected chi connectivity index (χ2v) is 7.58. The number of alkyl halides is 6. The third-order valence-corrected chi connectivity index (χ3v) is 5.08. The average Bonchev–Trinajstić information content (AvgIpc) is 3.20. The Balaban J connectivity index is 1.47. The lowest BCUT2D eigenvalue weighted by atomic mass is 10.1. The lowest BCUT2D eigenvalue weighted by Crippen LogP contribution is -2.22. The van der Waals surface area contributed by atoms with Crippen LogP contribution in [0.3, 0.4) is 0 Å². The highest BCUT2D eigenvalue weighted by Crippen LogP contribution is 2.38. The second kappa shape index (κ2) is 9.55. The Labute approximate surface area is 194 Å². The van der Waals surface area contributed by atoms with E-state index < -0.39 is 29.2 Å². The summed E-state index contributed by atoms with van der Waals surface area (Å²) in [7, 11) is 0. The predicted octanol–water partition coefficient (Wildman–Crippen LogP) is 4.99. The van der Waals surface area contributed by atoms with Crippen LogP contribution in [0.1, 0.15) is 22.5 Å². The molecule has 12 heteroatoms. The molecule has 4 rings (SSSR count). The van der Waals surface area contributed by atoms with Crippen molar-refractivity contribution in [3.63, 3.8) is 0 Å². The van der Waals surface area contributed by atoms with Crippen LogP contribution in [0.25, 0.3) is 16.8 Å². The Morgan fingerprint density at radius 2 is 1.63 bits per heavy atom. The van der Waals surface area contributed by atoms with Gasteiger partial charge in [-0.3, -0.25) is 15.2 Å². The number of aromatic amines is 1. The molecule has 0 unspecified atom stereocenters. The monoisotopic (exact) mass is 496 g/mol. The number of fused-ring (bicyclic) bond motifs is 1. The van der Waals surface area contributed by atoms with Crippen LogP contribution >= 0.6 is 0 Å². The molecule has 0 spiro atoms. The van der Waals surface area contributed by atoms with Gasteiger partial charge in [-0.2, -0.15) is 26.3 Å². The van der Waals surface area contributed by atoms with Gasteiger partial charge in [0.05, 0.1) is 30.2 Å². The number of aromatic nitrogens is 3. The van der Waals surface area contributed by atoms with E-state index in [1.54, 1.807) is 18.2 Å². The molecule has 0 atom stereocenters. The van der Waals surface area contributed by atoms with E-state index in [9.17, 15) is 31.1 Å².